The fraction of sp³-hybridized carbons (Fsp3) is 0.188. The van der Waals surface area contributed by atoms with Gasteiger partial charge in [0.05, 0.1) is 19.8 Å². The number of benzene rings is 2. The Bertz CT molecular complexity index is 632. The highest BCUT2D eigenvalue weighted by molar-refractivity contribution is 5.45. The SMILES string of the molecule is COc1cc(COc2ccccc2OC)ccc1C#N. The lowest BCUT2D eigenvalue weighted by Crippen LogP contribution is -1.98. The minimum absolute atomic E-state index is 0.377. The average molecular weight is 269 g/mol. The Balaban J connectivity index is 2.13. The maximum absolute atomic E-state index is 8.94. The Kier molecular flexibility index (Phi) is 4.46. The first-order chi connectivity index (χ1) is 9.78. The molecule has 0 aliphatic heterocycles. The van der Waals surface area contributed by atoms with Gasteiger partial charge in [-0.05, 0) is 29.8 Å². The maximum atomic E-state index is 8.94. The van der Waals surface area contributed by atoms with Gasteiger partial charge in [0.2, 0.25) is 0 Å². The van der Waals surface area contributed by atoms with Gasteiger partial charge in [0.1, 0.15) is 18.4 Å². The van der Waals surface area contributed by atoms with Crippen LogP contribution < -0.4 is 14.2 Å². The molecule has 2 rings (SSSR count). The molecule has 0 spiro atoms. The van der Waals surface area contributed by atoms with Crippen molar-refractivity contribution >= 4 is 0 Å². The summed E-state index contributed by atoms with van der Waals surface area (Å²) in [5, 5.41) is 8.94. The molecule has 0 N–H and O–H groups in total. The van der Waals surface area contributed by atoms with Crippen LogP contribution in [-0.4, -0.2) is 14.2 Å². The van der Waals surface area contributed by atoms with E-state index >= 15 is 0 Å². The third-order valence-corrected chi connectivity index (χ3v) is 2.85. The van der Waals surface area contributed by atoms with Gasteiger partial charge in [-0.15, -0.1) is 0 Å². The number of ether oxygens (including phenoxy) is 3. The van der Waals surface area contributed by atoms with E-state index in [2.05, 4.69) is 6.07 Å². The fourth-order valence-corrected chi connectivity index (χ4v) is 1.82. The van der Waals surface area contributed by atoms with Crippen molar-refractivity contribution in [3.63, 3.8) is 0 Å². The number of hydrogen-bond donors (Lipinski definition) is 0. The van der Waals surface area contributed by atoms with E-state index in [-0.39, 0.29) is 0 Å². The van der Waals surface area contributed by atoms with Crippen LogP contribution in [0.4, 0.5) is 0 Å². The molecule has 0 radical (unpaired) electrons. The van der Waals surface area contributed by atoms with Crippen molar-refractivity contribution in [3.05, 3.63) is 53.6 Å². The molecule has 0 unspecified atom stereocenters. The van der Waals surface area contributed by atoms with Gasteiger partial charge in [-0.1, -0.05) is 18.2 Å². The summed E-state index contributed by atoms with van der Waals surface area (Å²) in [6, 6.07) is 14.9. The van der Waals surface area contributed by atoms with E-state index in [0.717, 1.165) is 5.56 Å². The molecule has 0 saturated heterocycles. The zero-order valence-corrected chi connectivity index (χ0v) is 11.4. The summed E-state index contributed by atoms with van der Waals surface area (Å²) < 4.78 is 16.1. The Morgan fingerprint density at radius 2 is 1.65 bits per heavy atom. The number of nitrogens with zero attached hydrogens (tertiary/aromatic N) is 1. The zero-order chi connectivity index (χ0) is 14.4. The second kappa shape index (κ2) is 6.48. The molecule has 102 valence electrons. The molecule has 0 atom stereocenters. The lowest BCUT2D eigenvalue weighted by molar-refractivity contribution is 0.284. The molecule has 2 aromatic carbocycles. The van der Waals surface area contributed by atoms with Crippen molar-refractivity contribution in [2.45, 2.75) is 6.61 Å². The molecule has 0 fully saturated rings. The second-order valence-electron chi connectivity index (χ2n) is 4.09. The first-order valence-corrected chi connectivity index (χ1v) is 6.11. The summed E-state index contributed by atoms with van der Waals surface area (Å²) in [7, 11) is 3.15. The molecule has 20 heavy (non-hydrogen) atoms. The third kappa shape index (κ3) is 3.01. The van der Waals surface area contributed by atoms with Crippen molar-refractivity contribution in [2.75, 3.05) is 14.2 Å². The monoisotopic (exact) mass is 269 g/mol. The van der Waals surface area contributed by atoms with Crippen LogP contribution in [-0.2, 0) is 6.61 Å². The van der Waals surface area contributed by atoms with Crippen LogP contribution >= 0.6 is 0 Å². The molecular weight excluding hydrogens is 254 g/mol. The molecule has 2 aromatic rings. The predicted octanol–water partition coefficient (Wildman–Crippen LogP) is 3.15. The molecule has 0 aromatic heterocycles. The largest absolute Gasteiger partial charge is 0.495 e. The predicted molar refractivity (Wildman–Crippen MR) is 75.0 cm³/mol. The smallest absolute Gasteiger partial charge is 0.161 e. The van der Waals surface area contributed by atoms with E-state index < -0.39 is 0 Å². The van der Waals surface area contributed by atoms with Gasteiger partial charge in [0, 0.05) is 0 Å². The number of hydrogen-bond acceptors (Lipinski definition) is 4. The quantitative estimate of drug-likeness (QED) is 0.836. The van der Waals surface area contributed by atoms with E-state index in [0.29, 0.717) is 29.4 Å². The van der Waals surface area contributed by atoms with E-state index in [1.807, 2.05) is 30.3 Å². The van der Waals surface area contributed by atoms with Crippen LogP contribution in [0.1, 0.15) is 11.1 Å². The molecule has 0 aliphatic carbocycles. The van der Waals surface area contributed by atoms with Crippen molar-refractivity contribution in [2.24, 2.45) is 0 Å². The highest BCUT2D eigenvalue weighted by Gasteiger charge is 2.06. The van der Waals surface area contributed by atoms with Gasteiger partial charge in [0.25, 0.3) is 0 Å². The highest BCUT2D eigenvalue weighted by Crippen LogP contribution is 2.27. The standard InChI is InChI=1S/C16H15NO3/c1-18-14-5-3-4-6-15(14)20-11-12-7-8-13(10-17)16(9-12)19-2/h3-9H,11H2,1-2H3. The Hall–Kier alpha value is -2.67. The molecule has 4 nitrogen and oxygen atoms in total. The van der Waals surface area contributed by atoms with E-state index in [4.69, 9.17) is 19.5 Å². The van der Waals surface area contributed by atoms with Gasteiger partial charge in [-0.2, -0.15) is 5.26 Å². The van der Waals surface area contributed by atoms with Crippen LogP contribution in [0.5, 0.6) is 17.2 Å². The van der Waals surface area contributed by atoms with Gasteiger partial charge in [-0.3, -0.25) is 0 Å². The lowest BCUT2D eigenvalue weighted by Gasteiger charge is -2.11. The van der Waals surface area contributed by atoms with E-state index in [9.17, 15) is 0 Å². The maximum Gasteiger partial charge on any atom is 0.161 e. The van der Waals surface area contributed by atoms with Crippen molar-refractivity contribution < 1.29 is 14.2 Å². The van der Waals surface area contributed by atoms with Crippen LogP contribution in [0.2, 0.25) is 0 Å². The first kappa shape index (κ1) is 13.8. The van der Waals surface area contributed by atoms with E-state index in [1.165, 1.54) is 0 Å². The number of methoxy groups -OCH3 is 2. The van der Waals surface area contributed by atoms with Crippen LogP contribution in [0.3, 0.4) is 0 Å². The van der Waals surface area contributed by atoms with E-state index in [1.54, 1.807) is 26.4 Å². The molecular formula is C16H15NO3. The Labute approximate surface area is 118 Å². The average Bonchev–Trinajstić information content (AvgIpc) is 2.52. The number of para-hydroxylation sites is 2. The van der Waals surface area contributed by atoms with Gasteiger partial charge < -0.3 is 14.2 Å². The summed E-state index contributed by atoms with van der Waals surface area (Å²) in [5.41, 5.74) is 1.43. The minimum atomic E-state index is 0.377. The summed E-state index contributed by atoms with van der Waals surface area (Å²) in [6.45, 7) is 0.377. The van der Waals surface area contributed by atoms with Gasteiger partial charge >= 0.3 is 0 Å². The number of nitriles is 1. The normalized spacial score (nSPS) is 9.65. The lowest BCUT2D eigenvalue weighted by atomic mass is 10.1. The summed E-state index contributed by atoms with van der Waals surface area (Å²) in [4.78, 5) is 0. The molecule has 4 heteroatoms. The molecule has 0 amide bonds. The number of rotatable bonds is 5. The molecule has 0 heterocycles. The van der Waals surface area contributed by atoms with Crippen LogP contribution in [0.15, 0.2) is 42.5 Å². The zero-order valence-electron chi connectivity index (χ0n) is 11.4. The van der Waals surface area contributed by atoms with Crippen molar-refractivity contribution in [3.8, 4) is 23.3 Å². The summed E-state index contributed by atoms with van der Waals surface area (Å²) in [6.07, 6.45) is 0. The fourth-order valence-electron chi connectivity index (χ4n) is 1.82. The van der Waals surface area contributed by atoms with Crippen LogP contribution in [0.25, 0.3) is 0 Å². The first-order valence-electron chi connectivity index (χ1n) is 6.11. The summed E-state index contributed by atoms with van der Waals surface area (Å²) in [5.74, 6) is 1.92. The topological polar surface area (TPSA) is 51.5 Å². The molecule has 0 aliphatic rings. The third-order valence-electron chi connectivity index (χ3n) is 2.85. The Morgan fingerprint density at radius 1 is 0.950 bits per heavy atom. The Morgan fingerprint density at radius 3 is 2.30 bits per heavy atom. The minimum Gasteiger partial charge on any atom is -0.495 e. The molecule has 0 bridgehead atoms. The van der Waals surface area contributed by atoms with Crippen LogP contribution in [0, 0.1) is 11.3 Å². The van der Waals surface area contributed by atoms with Crippen molar-refractivity contribution in [1.29, 1.82) is 5.26 Å². The van der Waals surface area contributed by atoms with Crippen molar-refractivity contribution in [1.82, 2.24) is 0 Å². The highest BCUT2D eigenvalue weighted by atomic mass is 16.5. The second-order valence-corrected chi connectivity index (χ2v) is 4.09. The van der Waals surface area contributed by atoms with Gasteiger partial charge in [-0.25, -0.2) is 0 Å². The summed E-state index contributed by atoms with van der Waals surface area (Å²) >= 11 is 0. The van der Waals surface area contributed by atoms with Gasteiger partial charge in [0.15, 0.2) is 11.5 Å². The molecule has 0 saturated carbocycles.